The van der Waals surface area contributed by atoms with Gasteiger partial charge in [0.05, 0.1) is 17.7 Å². The Hall–Kier alpha value is -2.19. The van der Waals surface area contributed by atoms with Crippen molar-refractivity contribution >= 4 is 0 Å². The van der Waals surface area contributed by atoms with Crippen molar-refractivity contribution in [1.29, 1.82) is 5.26 Å². The minimum atomic E-state index is -0.501. The predicted octanol–water partition coefficient (Wildman–Crippen LogP) is 2.41. The predicted molar refractivity (Wildman–Crippen MR) is 94.3 cm³/mol. The molecule has 0 saturated carbocycles. The first-order valence-corrected chi connectivity index (χ1v) is 8.41. The minimum absolute atomic E-state index is 0.501. The van der Waals surface area contributed by atoms with Crippen molar-refractivity contribution in [3.63, 3.8) is 0 Å². The quantitative estimate of drug-likeness (QED) is 0.919. The summed E-state index contributed by atoms with van der Waals surface area (Å²) in [6, 6.07) is 19.9. The maximum atomic E-state index is 10.4. The molecular formula is C20H23N3O. The molecule has 0 aromatic heterocycles. The van der Waals surface area contributed by atoms with Gasteiger partial charge in [-0.15, -0.1) is 0 Å². The van der Waals surface area contributed by atoms with Crippen LogP contribution in [0.4, 0.5) is 0 Å². The molecule has 1 aliphatic rings. The standard InChI is InChI=1S/C20H23N3O/c21-14-17-6-8-19(9-7-17)20(24)16-23-12-10-22(11-13-23)15-18-4-2-1-3-5-18/h1-9,20,24H,10-13,15-16H2. The van der Waals surface area contributed by atoms with Gasteiger partial charge >= 0.3 is 0 Å². The van der Waals surface area contributed by atoms with Crippen LogP contribution in [-0.2, 0) is 6.54 Å². The third-order valence-corrected chi connectivity index (χ3v) is 4.57. The molecule has 1 unspecified atom stereocenters. The smallest absolute Gasteiger partial charge is 0.0991 e. The molecule has 0 bridgehead atoms. The van der Waals surface area contributed by atoms with Gasteiger partial charge in [-0.05, 0) is 23.3 Å². The van der Waals surface area contributed by atoms with Crippen LogP contribution in [-0.4, -0.2) is 47.6 Å². The zero-order valence-electron chi connectivity index (χ0n) is 13.8. The number of nitriles is 1. The average Bonchev–Trinajstić information content (AvgIpc) is 2.64. The number of rotatable bonds is 5. The molecule has 1 heterocycles. The fourth-order valence-corrected chi connectivity index (χ4v) is 3.10. The highest BCUT2D eigenvalue weighted by Gasteiger charge is 2.20. The van der Waals surface area contributed by atoms with Crippen molar-refractivity contribution < 1.29 is 5.11 Å². The summed E-state index contributed by atoms with van der Waals surface area (Å²) >= 11 is 0. The van der Waals surface area contributed by atoms with Crippen LogP contribution in [0.5, 0.6) is 0 Å². The van der Waals surface area contributed by atoms with E-state index in [0.717, 1.165) is 38.3 Å². The lowest BCUT2D eigenvalue weighted by atomic mass is 10.1. The highest BCUT2D eigenvalue weighted by Crippen LogP contribution is 2.17. The van der Waals surface area contributed by atoms with Gasteiger partial charge in [0.15, 0.2) is 0 Å². The van der Waals surface area contributed by atoms with Gasteiger partial charge in [0.1, 0.15) is 0 Å². The molecule has 4 heteroatoms. The number of β-amino-alcohol motifs (C(OH)–C–C–N with tert-alkyl or cyclic N) is 1. The molecule has 3 rings (SSSR count). The molecule has 0 aliphatic carbocycles. The van der Waals surface area contributed by atoms with Crippen LogP contribution in [0.2, 0.25) is 0 Å². The lowest BCUT2D eigenvalue weighted by Gasteiger charge is -2.35. The third-order valence-electron chi connectivity index (χ3n) is 4.57. The first kappa shape index (κ1) is 16.7. The third kappa shape index (κ3) is 4.42. The molecule has 124 valence electrons. The lowest BCUT2D eigenvalue weighted by Crippen LogP contribution is -2.47. The Morgan fingerprint density at radius 2 is 1.54 bits per heavy atom. The fourth-order valence-electron chi connectivity index (χ4n) is 3.10. The van der Waals surface area contributed by atoms with Gasteiger partial charge in [0.2, 0.25) is 0 Å². The van der Waals surface area contributed by atoms with E-state index < -0.39 is 6.10 Å². The van der Waals surface area contributed by atoms with Crippen molar-refractivity contribution in [2.75, 3.05) is 32.7 Å². The number of hydrogen-bond acceptors (Lipinski definition) is 4. The number of hydrogen-bond donors (Lipinski definition) is 1. The topological polar surface area (TPSA) is 50.5 Å². The molecule has 0 amide bonds. The summed E-state index contributed by atoms with van der Waals surface area (Å²) in [5, 5.41) is 19.2. The van der Waals surface area contributed by atoms with Gasteiger partial charge in [-0.25, -0.2) is 0 Å². The molecule has 2 aromatic carbocycles. The van der Waals surface area contributed by atoms with Crippen LogP contribution < -0.4 is 0 Å². The molecule has 0 spiro atoms. The Balaban J connectivity index is 1.47. The van der Waals surface area contributed by atoms with Crippen LogP contribution in [0.15, 0.2) is 54.6 Å². The molecule has 1 fully saturated rings. The monoisotopic (exact) mass is 321 g/mol. The van der Waals surface area contributed by atoms with Crippen LogP contribution >= 0.6 is 0 Å². The Morgan fingerprint density at radius 1 is 0.917 bits per heavy atom. The zero-order valence-corrected chi connectivity index (χ0v) is 13.8. The number of aliphatic hydroxyl groups is 1. The van der Waals surface area contributed by atoms with Crippen LogP contribution in [0, 0.1) is 11.3 Å². The van der Waals surface area contributed by atoms with Gasteiger partial charge in [-0.2, -0.15) is 5.26 Å². The van der Waals surface area contributed by atoms with Crippen molar-refractivity contribution in [2.45, 2.75) is 12.6 Å². The van der Waals surface area contributed by atoms with Crippen molar-refractivity contribution in [1.82, 2.24) is 9.80 Å². The molecule has 0 radical (unpaired) electrons. The summed E-state index contributed by atoms with van der Waals surface area (Å²) < 4.78 is 0. The van der Waals surface area contributed by atoms with Crippen molar-refractivity contribution in [2.24, 2.45) is 0 Å². The number of aliphatic hydroxyl groups excluding tert-OH is 1. The first-order valence-electron chi connectivity index (χ1n) is 8.41. The summed E-state index contributed by atoms with van der Waals surface area (Å²) in [7, 11) is 0. The van der Waals surface area contributed by atoms with Gasteiger partial charge in [0.25, 0.3) is 0 Å². The van der Waals surface area contributed by atoms with Crippen molar-refractivity contribution in [3.05, 3.63) is 71.3 Å². The molecule has 4 nitrogen and oxygen atoms in total. The van der Waals surface area contributed by atoms with Gasteiger partial charge < -0.3 is 5.11 Å². The van der Waals surface area contributed by atoms with E-state index >= 15 is 0 Å². The van der Waals surface area contributed by atoms with E-state index in [9.17, 15) is 5.11 Å². The van der Waals surface area contributed by atoms with E-state index in [2.05, 4.69) is 40.1 Å². The second-order valence-corrected chi connectivity index (χ2v) is 6.31. The summed E-state index contributed by atoms with van der Waals surface area (Å²) in [6.45, 7) is 5.63. The second kappa shape index (κ2) is 8.07. The molecule has 1 atom stereocenters. The van der Waals surface area contributed by atoms with E-state index in [1.165, 1.54) is 5.56 Å². The zero-order chi connectivity index (χ0) is 16.8. The average molecular weight is 321 g/mol. The Labute approximate surface area is 143 Å². The molecule has 1 N–H and O–H groups in total. The van der Waals surface area contributed by atoms with Crippen LogP contribution in [0.3, 0.4) is 0 Å². The Bertz CT molecular complexity index is 670. The summed E-state index contributed by atoms with van der Waals surface area (Å²) in [5.41, 5.74) is 2.85. The SMILES string of the molecule is N#Cc1ccc(C(O)CN2CCN(Cc3ccccc3)CC2)cc1. The maximum Gasteiger partial charge on any atom is 0.0991 e. The number of piperazine rings is 1. The molecular weight excluding hydrogens is 298 g/mol. The minimum Gasteiger partial charge on any atom is -0.387 e. The van der Waals surface area contributed by atoms with Gasteiger partial charge in [0, 0.05) is 39.3 Å². The van der Waals surface area contributed by atoms with E-state index in [1.807, 2.05) is 18.2 Å². The number of nitrogens with zero attached hydrogens (tertiary/aromatic N) is 3. The van der Waals surface area contributed by atoms with E-state index in [-0.39, 0.29) is 0 Å². The van der Waals surface area contributed by atoms with E-state index in [4.69, 9.17) is 5.26 Å². The largest absolute Gasteiger partial charge is 0.387 e. The highest BCUT2D eigenvalue weighted by atomic mass is 16.3. The van der Waals surface area contributed by atoms with Gasteiger partial charge in [-0.1, -0.05) is 42.5 Å². The maximum absolute atomic E-state index is 10.4. The van der Waals surface area contributed by atoms with E-state index in [0.29, 0.717) is 12.1 Å². The number of benzene rings is 2. The molecule has 1 saturated heterocycles. The summed E-state index contributed by atoms with van der Waals surface area (Å²) in [6.07, 6.45) is -0.501. The van der Waals surface area contributed by atoms with Crippen LogP contribution in [0.25, 0.3) is 0 Å². The normalized spacial score (nSPS) is 17.3. The Kier molecular flexibility index (Phi) is 5.60. The molecule has 2 aromatic rings. The van der Waals surface area contributed by atoms with E-state index in [1.54, 1.807) is 12.1 Å². The summed E-state index contributed by atoms with van der Waals surface area (Å²) in [4.78, 5) is 4.77. The Morgan fingerprint density at radius 3 is 2.17 bits per heavy atom. The van der Waals surface area contributed by atoms with Crippen molar-refractivity contribution in [3.8, 4) is 6.07 Å². The molecule has 24 heavy (non-hydrogen) atoms. The fraction of sp³-hybridized carbons (Fsp3) is 0.350. The van der Waals surface area contributed by atoms with Gasteiger partial charge in [-0.3, -0.25) is 9.80 Å². The lowest BCUT2D eigenvalue weighted by molar-refractivity contribution is 0.0701. The first-order chi connectivity index (χ1) is 11.7. The molecule has 1 aliphatic heterocycles. The summed E-state index contributed by atoms with van der Waals surface area (Å²) in [5.74, 6) is 0. The second-order valence-electron chi connectivity index (χ2n) is 6.31. The highest BCUT2D eigenvalue weighted by molar-refractivity contribution is 5.32. The van der Waals surface area contributed by atoms with Crippen LogP contribution in [0.1, 0.15) is 22.8 Å².